The molecule has 0 rings (SSSR count). The number of terminal acetylenes is 1. The van der Waals surface area contributed by atoms with Gasteiger partial charge in [0.2, 0.25) is 0 Å². The van der Waals surface area contributed by atoms with Crippen LogP contribution in [0.3, 0.4) is 0 Å². The summed E-state index contributed by atoms with van der Waals surface area (Å²) in [7, 11) is 0. The van der Waals surface area contributed by atoms with Gasteiger partial charge < -0.3 is 0 Å². The molecule has 20 heavy (non-hydrogen) atoms. The van der Waals surface area contributed by atoms with Gasteiger partial charge in [0.25, 0.3) is 0 Å². The summed E-state index contributed by atoms with van der Waals surface area (Å²) in [5, 5.41) is 0. The highest BCUT2D eigenvalue weighted by molar-refractivity contribution is 4.82. The summed E-state index contributed by atoms with van der Waals surface area (Å²) < 4.78 is 0. The van der Waals surface area contributed by atoms with Crippen LogP contribution in [-0.4, -0.2) is 0 Å². The lowest BCUT2D eigenvalue weighted by Crippen LogP contribution is -1.83. The molecular weight excluding hydrogens is 240 g/mol. The Balaban J connectivity index is 2.91. The van der Waals surface area contributed by atoms with Crippen LogP contribution in [0.1, 0.15) is 109 Å². The van der Waals surface area contributed by atoms with Gasteiger partial charge in [0.15, 0.2) is 0 Å². The van der Waals surface area contributed by atoms with Gasteiger partial charge in [0.1, 0.15) is 0 Å². The molecule has 0 nitrogen and oxygen atoms in total. The monoisotopic (exact) mass is 277 g/mol. The van der Waals surface area contributed by atoms with E-state index in [0.29, 0.717) is 0 Å². The zero-order chi connectivity index (χ0) is 14.7. The summed E-state index contributed by atoms with van der Waals surface area (Å²) in [5.41, 5.74) is 0. The van der Waals surface area contributed by atoms with E-state index in [-0.39, 0.29) is 0 Å². The van der Waals surface area contributed by atoms with Crippen LogP contribution in [0.15, 0.2) is 0 Å². The van der Waals surface area contributed by atoms with E-state index in [4.69, 9.17) is 6.42 Å². The predicted octanol–water partition coefficient (Wildman–Crippen LogP) is 7.09. The molecule has 0 fully saturated rings. The summed E-state index contributed by atoms with van der Waals surface area (Å²) in [5.74, 6) is 2.71. The fraction of sp³-hybridized carbons (Fsp3) is 0.850. The van der Waals surface area contributed by atoms with Crippen LogP contribution >= 0.6 is 0 Å². The maximum absolute atomic E-state index is 5.24. The van der Waals surface area contributed by atoms with E-state index in [2.05, 4.69) is 12.8 Å². The first-order valence-corrected chi connectivity index (χ1v) is 9.14. The Morgan fingerprint density at radius 3 is 1.10 bits per heavy atom. The Morgan fingerprint density at radius 2 is 0.800 bits per heavy atom. The van der Waals surface area contributed by atoms with Crippen molar-refractivity contribution in [1.82, 2.24) is 0 Å². The molecule has 1 radical (unpaired) electrons. The molecule has 0 heterocycles. The third-order valence-corrected chi connectivity index (χ3v) is 4.07. The van der Waals surface area contributed by atoms with E-state index in [1.54, 1.807) is 0 Å². The SMILES string of the molecule is C#CCCCCCCCCCCCCCCCCC[CH2]. The maximum atomic E-state index is 5.24. The zero-order valence-corrected chi connectivity index (χ0v) is 13.8. The van der Waals surface area contributed by atoms with Crippen molar-refractivity contribution in [1.29, 1.82) is 0 Å². The van der Waals surface area contributed by atoms with Crippen molar-refractivity contribution in [2.75, 3.05) is 0 Å². The van der Waals surface area contributed by atoms with Gasteiger partial charge in [0, 0.05) is 6.42 Å². The van der Waals surface area contributed by atoms with Gasteiger partial charge in [-0.1, -0.05) is 103 Å². The summed E-state index contributed by atoms with van der Waals surface area (Å²) >= 11 is 0. The van der Waals surface area contributed by atoms with Crippen molar-refractivity contribution in [3.63, 3.8) is 0 Å². The lowest BCUT2D eigenvalue weighted by atomic mass is 10.0. The largest absolute Gasteiger partial charge is 0.120 e. The minimum absolute atomic E-state index is 0.968. The molecule has 0 aliphatic heterocycles. The van der Waals surface area contributed by atoms with E-state index in [0.717, 1.165) is 12.8 Å². The predicted molar refractivity (Wildman–Crippen MR) is 92.7 cm³/mol. The highest BCUT2D eigenvalue weighted by Gasteiger charge is 1.94. The first-order chi connectivity index (χ1) is 9.91. The number of hydrogen-bond acceptors (Lipinski definition) is 0. The molecule has 117 valence electrons. The first kappa shape index (κ1) is 19.6. The third kappa shape index (κ3) is 17.6. The van der Waals surface area contributed by atoms with Crippen molar-refractivity contribution in [3.8, 4) is 12.3 Å². The summed E-state index contributed by atoms with van der Waals surface area (Å²) in [6.45, 7) is 3.89. The number of hydrogen-bond donors (Lipinski definition) is 0. The van der Waals surface area contributed by atoms with Gasteiger partial charge in [0.05, 0.1) is 0 Å². The van der Waals surface area contributed by atoms with Gasteiger partial charge in [-0.2, -0.15) is 0 Å². The van der Waals surface area contributed by atoms with Gasteiger partial charge in [-0.3, -0.25) is 0 Å². The van der Waals surface area contributed by atoms with Crippen molar-refractivity contribution < 1.29 is 0 Å². The highest BCUT2D eigenvalue weighted by atomic mass is 14.0. The van der Waals surface area contributed by atoms with Crippen molar-refractivity contribution in [3.05, 3.63) is 6.92 Å². The molecule has 0 aliphatic rings. The van der Waals surface area contributed by atoms with Crippen LogP contribution in [-0.2, 0) is 0 Å². The lowest BCUT2D eigenvalue weighted by Gasteiger charge is -2.03. The van der Waals surface area contributed by atoms with Crippen LogP contribution in [0, 0.1) is 19.3 Å². The third-order valence-electron chi connectivity index (χ3n) is 4.07. The fourth-order valence-electron chi connectivity index (χ4n) is 2.70. The van der Waals surface area contributed by atoms with E-state index >= 15 is 0 Å². The normalized spacial score (nSPS) is 10.6. The Labute approximate surface area is 129 Å². The second-order valence-corrected chi connectivity index (χ2v) is 6.11. The van der Waals surface area contributed by atoms with E-state index in [1.807, 2.05) is 0 Å². The molecular formula is C20H37. The number of unbranched alkanes of at least 4 members (excludes halogenated alkanes) is 16. The minimum atomic E-state index is 0.968. The summed E-state index contributed by atoms with van der Waals surface area (Å²) in [6, 6.07) is 0. The topological polar surface area (TPSA) is 0 Å². The molecule has 0 amide bonds. The van der Waals surface area contributed by atoms with Crippen molar-refractivity contribution >= 4 is 0 Å². The molecule has 0 unspecified atom stereocenters. The lowest BCUT2D eigenvalue weighted by molar-refractivity contribution is 0.531. The quantitative estimate of drug-likeness (QED) is 0.209. The average Bonchev–Trinajstić information content (AvgIpc) is 2.47. The molecule has 0 aromatic heterocycles. The molecule has 0 aliphatic carbocycles. The summed E-state index contributed by atoms with van der Waals surface area (Å²) in [6.07, 6.45) is 28.4. The van der Waals surface area contributed by atoms with Crippen LogP contribution in [0.4, 0.5) is 0 Å². The molecule has 0 aromatic carbocycles. The zero-order valence-electron chi connectivity index (χ0n) is 13.8. The van der Waals surface area contributed by atoms with E-state index in [9.17, 15) is 0 Å². The highest BCUT2D eigenvalue weighted by Crippen LogP contribution is 2.13. The molecule has 0 spiro atoms. The standard InChI is InChI=1S/C20H37/c1-3-5-7-9-11-13-15-17-19-20-18-16-14-12-10-8-6-4-2/h1H,2,4-20H2. The smallest absolute Gasteiger partial charge is 0.00860 e. The summed E-state index contributed by atoms with van der Waals surface area (Å²) in [4.78, 5) is 0. The van der Waals surface area contributed by atoms with Crippen LogP contribution in [0.25, 0.3) is 0 Å². The molecule has 0 bridgehead atoms. The minimum Gasteiger partial charge on any atom is -0.120 e. The molecule has 0 aromatic rings. The van der Waals surface area contributed by atoms with E-state index in [1.165, 1.54) is 96.3 Å². The average molecular weight is 278 g/mol. The Hall–Kier alpha value is -0.440. The second-order valence-electron chi connectivity index (χ2n) is 6.11. The van der Waals surface area contributed by atoms with Crippen LogP contribution in [0.2, 0.25) is 0 Å². The van der Waals surface area contributed by atoms with Crippen LogP contribution < -0.4 is 0 Å². The fourth-order valence-corrected chi connectivity index (χ4v) is 2.70. The maximum Gasteiger partial charge on any atom is 0.00860 e. The molecule has 0 saturated carbocycles. The van der Waals surface area contributed by atoms with Crippen LogP contribution in [0.5, 0.6) is 0 Å². The van der Waals surface area contributed by atoms with Crippen molar-refractivity contribution in [2.45, 2.75) is 109 Å². The van der Waals surface area contributed by atoms with Gasteiger partial charge in [-0.05, 0) is 6.42 Å². The Morgan fingerprint density at radius 1 is 0.500 bits per heavy atom. The molecule has 0 N–H and O–H groups in total. The molecule has 0 heteroatoms. The van der Waals surface area contributed by atoms with Gasteiger partial charge in [-0.25, -0.2) is 0 Å². The second kappa shape index (κ2) is 18.6. The van der Waals surface area contributed by atoms with Gasteiger partial charge >= 0.3 is 0 Å². The number of rotatable bonds is 16. The molecule has 0 atom stereocenters. The van der Waals surface area contributed by atoms with Gasteiger partial charge in [-0.15, -0.1) is 12.3 Å². The van der Waals surface area contributed by atoms with Crippen molar-refractivity contribution in [2.24, 2.45) is 0 Å². The van der Waals surface area contributed by atoms with E-state index < -0.39 is 0 Å². The molecule has 0 saturated heterocycles. The first-order valence-electron chi connectivity index (χ1n) is 9.14. The Kier molecular flexibility index (Phi) is 18.2. The Bertz CT molecular complexity index is 199.